The first kappa shape index (κ1) is 13.1. The molecule has 1 aliphatic rings. The molecule has 102 valence electrons. The second kappa shape index (κ2) is 5.63. The minimum Gasteiger partial charge on any atom is -0.349 e. The van der Waals surface area contributed by atoms with Gasteiger partial charge in [0.15, 0.2) is 0 Å². The fraction of sp³-hybridized carbons (Fsp3) is 0.250. The largest absolute Gasteiger partial charge is 0.349 e. The van der Waals surface area contributed by atoms with Crippen LogP contribution in [-0.4, -0.2) is 16.9 Å². The van der Waals surface area contributed by atoms with Crippen LogP contribution in [0.4, 0.5) is 0 Å². The van der Waals surface area contributed by atoms with Crippen LogP contribution in [0.1, 0.15) is 27.9 Å². The molecule has 0 fully saturated rings. The average Bonchev–Trinajstić information content (AvgIpc) is 2.48. The molecule has 1 amide bonds. The first-order chi connectivity index (χ1) is 9.72. The first-order valence-electron chi connectivity index (χ1n) is 6.71. The van der Waals surface area contributed by atoms with Gasteiger partial charge in [-0.2, -0.15) is 0 Å². The van der Waals surface area contributed by atoms with Crippen LogP contribution in [0, 0.1) is 0 Å². The summed E-state index contributed by atoms with van der Waals surface area (Å²) in [6, 6.07) is 11.9. The molecule has 3 nitrogen and oxygen atoms in total. The Morgan fingerprint density at radius 2 is 2.00 bits per heavy atom. The highest BCUT2D eigenvalue weighted by molar-refractivity contribution is 6.29. The third-order valence-electron chi connectivity index (χ3n) is 3.67. The van der Waals surface area contributed by atoms with E-state index >= 15 is 0 Å². The number of aryl methyl sites for hydroxylation is 1. The zero-order valence-electron chi connectivity index (χ0n) is 11.0. The molecule has 3 rings (SSSR count). The van der Waals surface area contributed by atoms with E-state index in [2.05, 4.69) is 28.5 Å². The standard InChI is InChI=1S/C16H15ClN2O/c17-15-8-6-13(10-18-15)16(20)19-14-7-5-11-3-1-2-4-12(11)9-14/h1-4,6,8,10,14H,5,7,9H2,(H,19,20)/t14-/m0/s1. The quantitative estimate of drug-likeness (QED) is 0.862. The van der Waals surface area contributed by atoms with Gasteiger partial charge in [0, 0.05) is 12.2 Å². The normalized spacial score (nSPS) is 17.4. The third kappa shape index (κ3) is 2.83. The van der Waals surface area contributed by atoms with Gasteiger partial charge in [-0.1, -0.05) is 35.9 Å². The Balaban J connectivity index is 1.67. The van der Waals surface area contributed by atoms with Crippen LogP contribution in [0.25, 0.3) is 0 Å². The highest BCUT2D eigenvalue weighted by atomic mass is 35.5. The maximum Gasteiger partial charge on any atom is 0.253 e. The number of nitrogens with zero attached hydrogens (tertiary/aromatic N) is 1. The number of rotatable bonds is 2. The number of halogens is 1. The molecule has 1 heterocycles. The van der Waals surface area contributed by atoms with Crippen LogP contribution in [0.5, 0.6) is 0 Å². The zero-order chi connectivity index (χ0) is 13.9. The second-order valence-electron chi connectivity index (χ2n) is 5.05. The van der Waals surface area contributed by atoms with Gasteiger partial charge >= 0.3 is 0 Å². The molecular weight excluding hydrogens is 272 g/mol. The lowest BCUT2D eigenvalue weighted by Crippen LogP contribution is -2.38. The van der Waals surface area contributed by atoms with E-state index in [9.17, 15) is 4.79 Å². The Morgan fingerprint density at radius 3 is 2.75 bits per heavy atom. The van der Waals surface area contributed by atoms with E-state index in [4.69, 9.17) is 11.6 Å². The van der Waals surface area contributed by atoms with Gasteiger partial charge in [0.2, 0.25) is 0 Å². The molecule has 0 radical (unpaired) electrons. The van der Waals surface area contributed by atoms with Gasteiger partial charge in [-0.25, -0.2) is 4.98 Å². The zero-order valence-corrected chi connectivity index (χ0v) is 11.7. The minimum atomic E-state index is -0.0847. The molecule has 0 spiro atoms. The van der Waals surface area contributed by atoms with Gasteiger partial charge in [0.25, 0.3) is 5.91 Å². The van der Waals surface area contributed by atoms with E-state index in [0.29, 0.717) is 10.7 Å². The number of carbonyl (C=O) groups is 1. The molecule has 20 heavy (non-hydrogen) atoms. The van der Waals surface area contributed by atoms with Crippen molar-refractivity contribution in [2.45, 2.75) is 25.3 Å². The fourth-order valence-corrected chi connectivity index (χ4v) is 2.71. The Labute approximate surface area is 123 Å². The molecule has 0 bridgehead atoms. The number of amides is 1. The van der Waals surface area contributed by atoms with Crippen LogP contribution in [0.2, 0.25) is 5.15 Å². The summed E-state index contributed by atoms with van der Waals surface area (Å²) in [5.41, 5.74) is 3.28. The lowest BCUT2D eigenvalue weighted by molar-refractivity contribution is 0.0933. The summed E-state index contributed by atoms with van der Waals surface area (Å²) in [5.74, 6) is -0.0847. The van der Waals surface area contributed by atoms with Crippen molar-refractivity contribution in [2.24, 2.45) is 0 Å². The number of aromatic nitrogens is 1. The molecule has 1 aromatic heterocycles. The van der Waals surface area contributed by atoms with Crippen molar-refractivity contribution in [2.75, 3.05) is 0 Å². The number of hydrogen-bond donors (Lipinski definition) is 1. The van der Waals surface area contributed by atoms with Crippen molar-refractivity contribution in [3.63, 3.8) is 0 Å². The highest BCUT2D eigenvalue weighted by Gasteiger charge is 2.20. The van der Waals surface area contributed by atoms with Crippen molar-refractivity contribution >= 4 is 17.5 Å². The Kier molecular flexibility index (Phi) is 3.70. The molecule has 0 unspecified atom stereocenters. The summed E-state index contributed by atoms with van der Waals surface area (Å²) >= 11 is 5.72. The van der Waals surface area contributed by atoms with Crippen LogP contribution >= 0.6 is 11.6 Å². The first-order valence-corrected chi connectivity index (χ1v) is 7.09. The molecule has 1 aromatic carbocycles. The lowest BCUT2D eigenvalue weighted by Gasteiger charge is -2.25. The monoisotopic (exact) mass is 286 g/mol. The smallest absolute Gasteiger partial charge is 0.253 e. The van der Waals surface area contributed by atoms with Crippen molar-refractivity contribution in [3.05, 3.63) is 64.4 Å². The molecule has 2 aromatic rings. The molecule has 4 heteroatoms. The van der Waals surface area contributed by atoms with Gasteiger partial charge in [-0.15, -0.1) is 0 Å². The van der Waals surface area contributed by atoms with Gasteiger partial charge < -0.3 is 5.32 Å². The topological polar surface area (TPSA) is 42.0 Å². The molecule has 0 saturated carbocycles. The van der Waals surface area contributed by atoms with E-state index in [0.717, 1.165) is 19.3 Å². The average molecular weight is 287 g/mol. The van der Waals surface area contributed by atoms with E-state index < -0.39 is 0 Å². The molecule has 0 saturated heterocycles. The van der Waals surface area contributed by atoms with Gasteiger partial charge in [0.05, 0.1) is 5.56 Å². The number of benzene rings is 1. The fourth-order valence-electron chi connectivity index (χ4n) is 2.60. The van der Waals surface area contributed by atoms with Gasteiger partial charge in [-0.3, -0.25) is 4.79 Å². The van der Waals surface area contributed by atoms with E-state index in [-0.39, 0.29) is 11.9 Å². The predicted molar refractivity (Wildman–Crippen MR) is 79.0 cm³/mol. The maximum atomic E-state index is 12.1. The molecule has 1 N–H and O–H groups in total. The van der Waals surface area contributed by atoms with Crippen LogP contribution < -0.4 is 5.32 Å². The van der Waals surface area contributed by atoms with E-state index in [1.165, 1.54) is 17.3 Å². The summed E-state index contributed by atoms with van der Waals surface area (Å²) in [6.45, 7) is 0. The van der Waals surface area contributed by atoms with Gasteiger partial charge in [0.1, 0.15) is 5.15 Å². The van der Waals surface area contributed by atoms with Crippen molar-refractivity contribution in [3.8, 4) is 0 Å². The van der Waals surface area contributed by atoms with E-state index in [1.54, 1.807) is 12.1 Å². The number of fused-ring (bicyclic) bond motifs is 1. The Hall–Kier alpha value is -1.87. The highest BCUT2D eigenvalue weighted by Crippen LogP contribution is 2.21. The van der Waals surface area contributed by atoms with Crippen molar-refractivity contribution in [1.82, 2.24) is 10.3 Å². The second-order valence-corrected chi connectivity index (χ2v) is 5.44. The number of pyridine rings is 1. The van der Waals surface area contributed by atoms with Crippen LogP contribution in [-0.2, 0) is 12.8 Å². The molecule has 1 aliphatic carbocycles. The maximum absolute atomic E-state index is 12.1. The third-order valence-corrected chi connectivity index (χ3v) is 3.90. The predicted octanol–water partition coefficient (Wildman–Crippen LogP) is 3.02. The van der Waals surface area contributed by atoms with Crippen molar-refractivity contribution < 1.29 is 4.79 Å². The molecule has 1 atom stereocenters. The van der Waals surface area contributed by atoms with Crippen LogP contribution in [0.15, 0.2) is 42.6 Å². The molecule has 0 aliphatic heterocycles. The number of nitrogens with one attached hydrogen (secondary N) is 1. The SMILES string of the molecule is O=C(N[C@H]1CCc2ccccc2C1)c1ccc(Cl)nc1. The van der Waals surface area contributed by atoms with Crippen LogP contribution in [0.3, 0.4) is 0 Å². The number of carbonyl (C=O) groups excluding carboxylic acids is 1. The summed E-state index contributed by atoms with van der Waals surface area (Å²) in [4.78, 5) is 16.1. The Bertz CT molecular complexity index is 625. The number of hydrogen-bond acceptors (Lipinski definition) is 2. The summed E-state index contributed by atoms with van der Waals surface area (Å²) in [6.07, 6.45) is 4.39. The summed E-state index contributed by atoms with van der Waals surface area (Å²) < 4.78 is 0. The summed E-state index contributed by atoms with van der Waals surface area (Å²) in [5, 5.41) is 3.47. The van der Waals surface area contributed by atoms with E-state index in [1.807, 2.05) is 6.07 Å². The summed E-state index contributed by atoms with van der Waals surface area (Å²) in [7, 11) is 0. The van der Waals surface area contributed by atoms with Gasteiger partial charge in [-0.05, 0) is 42.5 Å². The molecular formula is C16H15ClN2O. The Morgan fingerprint density at radius 1 is 1.20 bits per heavy atom. The van der Waals surface area contributed by atoms with Crippen molar-refractivity contribution in [1.29, 1.82) is 0 Å². The lowest BCUT2D eigenvalue weighted by atomic mass is 9.88. The minimum absolute atomic E-state index is 0.0847.